The van der Waals surface area contributed by atoms with Crippen LogP contribution >= 0.6 is 0 Å². The van der Waals surface area contributed by atoms with Gasteiger partial charge in [0.25, 0.3) is 0 Å². The van der Waals surface area contributed by atoms with Gasteiger partial charge in [-0.1, -0.05) is 19.1 Å². The molecule has 0 aliphatic carbocycles. The zero-order chi connectivity index (χ0) is 18.2. The normalized spacial score (nSPS) is 20.0. The summed E-state index contributed by atoms with van der Waals surface area (Å²) in [5.41, 5.74) is 2.39. The van der Waals surface area contributed by atoms with E-state index in [9.17, 15) is 4.39 Å². The van der Waals surface area contributed by atoms with Gasteiger partial charge >= 0.3 is 7.12 Å². The van der Waals surface area contributed by atoms with Crippen LogP contribution in [0.1, 0.15) is 45.9 Å². The molecule has 1 atom stereocenters. The molecule has 1 aliphatic rings. The molecule has 3 rings (SSSR count). The molecule has 0 spiro atoms. The molecule has 1 aliphatic heterocycles. The molecule has 6 heteroatoms. The van der Waals surface area contributed by atoms with E-state index < -0.39 is 7.12 Å². The van der Waals surface area contributed by atoms with Gasteiger partial charge in [-0.3, -0.25) is 5.10 Å². The Morgan fingerprint density at radius 3 is 2.28 bits per heavy atom. The van der Waals surface area contributed by atoms with E-state index >= 15 is 0 Å². The lowest BCUT2D eigenvalue weighted by Gasteiger charge is -2.32. The number of rotatable bonds is 5. The predicted molar refractivity (Wildman–Crippen MR) is 97.3 cm³/mol. The minimum Gasteiger partial charge on any atom is -0.399 e. The highest BCUT2D eigenvalue weighted by molar-refractivity contribution is 6.62. The summed E-state index contributed by atoms with van der Waals surface area (Å²) in [6.45, 7) is 10.4. The monoisotopic (exact) mass is 344 g/mol. The standard InChI is InChI=1S/C19H26BFN2O2/c1-13(10-14-6-8-15(21)9-7-14)11-17-16(12-22-23-17)20-24-18(2,3)19(4,5)25-20/h6-9,12-13H,10-11H2,1-5H3,(H,22,23)/t13-/m0/s1. The molecule has 0 saturated carbocycles. The number of halogens is 1. The Kier molecular flexibility index (Phi) is 4.77. The number of benzene rings is 1. The van der Waals surface area contributed by atoms with Gasteiger partial charge in [-0.2, -0.15) is 5.10 Å². The Morgan fingerprint density at radius 2 is 1.68 bits per heavy atom. The fourth-order valence-corrected chi connectivity index (χ4v) is 3.10. The van der Waals surface area contributed by atoms with Crippen LogP contribution in [0.5, 0.6) is 0 Å². The first-order valence-corrected chi connectivity index (χ1v) is 8.80. The van der Waals surface area contributed by atoms with Crippen molar-refractivity contribution in [2.45, 2.75) is 58.7 Å². The fraction of sp³-hybridized carbons (Fsp3) is 0.526. The number of nitrogens with one attached hydrogen (secondary N) is 1. The second kappa shape index (κ2) is 6.58. The molecule has 2 heterocycles. The van der Waals surface area contributed by atoms with Crippen LogP contribution in [0.2, 0.25) is 0 Å². The van der Waals surface area contributed by atoms with Crippen molar-refractivity contribution in [1.82, 2.24) is 10.2 Å². The van der Waals surface area contributed by atoms with Gasteiger partial charge in [-0.05, 0) is 64.2 Å². The van der Waals surface area contributed by atoms with Crippen molar-refractivity contribution in [3.63, 3.8) is 0 Å². The first kappa shape index (κ1) is 18.1. The van der Waals surface area contributed by atoms with E-state index in [1.165, 1.54) is 12.1 Å². The Balaban J connectivity index is 1.69. The molecular weight excluding hydrogens is 318 g/mol. The third-order valence-corrected chi connectivity index (χ3v) is 5.31. The summed E-state index contributed by atoms with van der Waals surface area (Å²) in [7, 11) is -0.406. The molecule has 1 aromatic heterocycles. The molecule has 1 fully saturated rings. The molecule has 0 amide bonds. The number of aromatic nitrogens is 2. The van der Waals surface area contributed by atoms with E-state index in [1.807, 2.05) is 39.8 Å². The molecule has 1 saturated heterocycles. The third-order valence-electron chi connectivity index (χ3n) is 5.31. The topological polar surface area (TPSA) is 47.1 Å². The predicted octanol–water partition coefficient (Wildman–Crippen LogP) is 3.27. The second-order valence-electron chi connectivity index (χ2n) is 8.03. The van der Waals surface area contributed by atoms with Crippen LogP contribution in [0.25, 0.3) is 0 Å². The second-order valence-corrected chi connectivity index (χ2v) is 8.03. The van der Waals surface area contributed by atoms with Gasteiger partial charge in [0.05, 0.1) is 11.2 Å². The summed E-state index contributed by atoms with van der Waals surface area (Å²) < 4.78 is 25.3. The summed E-state index contributed by atoms with van der Waals surface area (Å²) >= 11 is 0. The van der Waals surface area contributed by atoms with Gasteiger partial charge in [0.15, 0.2) is 0 Å². The van der Waals surface area contributed by atoms with Crippen LogP contribution < -0.4 is 5.46 Å². The van der Waals surface area contributed by atoms with Gasteiger partial charge in [0.1, 0.15) is 5.82 Å². The summed E-state index contributed by atoms with van der Waals surface area (Å²) in [6, 6.07) is 6.70. The fourth-order valence-electron chi connectivity index (χ4n) is 3.10. The van der Waals surface area contributed by atoms with Crippen molar-refractivity contribution in [3.8, 4) is 0 Å². The highest BCUT2D eigenvalue weighted by atomic mass is 19.1. The van der Waals surface area contributed by atoms with Gasteiger partial charge < -0.3 is 9.31 Å². The van der Waals surface area contributed by atoms with Gasteiger partial charge in [0.2, 0.25) is 0 Å². The van der Waals surface area contributed by atoms with Crippen molar-refractivity contribution >= 4 is 12.6 Å². The molecular formula is C19H26BFN2O2. The molecule has 0 unspecified atom stereocenters. The number of hydrogen-bond donors (Lipinski definition) is 1. The Labute approximate surface area is 149 Å². The van der Waals surface area contributed by atoms with E-state index in [4.69, 9.17) is 9.31 Å². The highest BCUT2D eigenvalue weighted by Crippen LogP contribution is 2.36. The highest BCUT2D eigenvalue weighted by Gasteiger charge is 2.52. The largest absolute Gasteiger partial charge is 0.498 e. The summed E-state index contributed by atoms with van der Waals surface area (Å²) in [4.78, 5) is 0. The molecule has 1 aromatic carbocycles. The van der Waals surface area contributed by atoms with Crippen molar-refractivity contribution < 1.29 is 13.7 Å². The SMILES string of the molecule is C[C@@H](Cc1ccc(F)cc1)Cc1[nH]ncc1B1OC(C)(C)C(C)(C)O1. The zero-order valence-corrected chi connectivity index (χ0v) is 15.6. The van der Waals surface area contributed by atoms with Gasteiger partial charge in [-0.15, -0.1) is 0 Å². The Hall–Kier alpha value is -1.66. The van der Waals surface area contributed by atoms with Crippen LogP contribution in [0.3, 0.4) is 0 Å². The van der Waals surface area contributed by atoms with E-state index in [0.29, 0.717) is 5.92 Å². The molecule has 0 bridgehead atoms. The van der Waals surface area contributed by atoms with E-state index in [-0.39, 0.29) is 17.0 Å². The van der Waals surface area contributed by atoms with E-state index in [1.54, 1.807) is 6.20 Å². The van der Waals surface area contributed by atoms with Crippen LogP contribution in [-0.2, 0) is 22.2 Å². The number of nitrogens with zero attached hydrogens (tertiary/aromatic N) is 1. The molecule has 134 valence electrons. The van der Waals surface area contributed by atoms with Crippen molar-refractivity contribution in [2.75, 3.05) is 0 Å². The van der Waals surface area contributed by atoms with Crippen molar-refractivity contribution in [3.05, 3.63) is 47.5 Å². The molecule has 4 nitrogen and oxygen atoms in total. The van der Waals surface area contributed by atoms with Gasteiger partial charge in [0, 0.05) is 17.4 Å². The Bertz CT molecular complexity index is 711. The molecule has 0 radical (unpaired) electrons. The lowest BCUT2D eigenvalue weighted by atomic mass is 9.77. The minimum absolute atomic E-state index is 0.201. The number of hydrogen-bond acceptors (Lipinski definition) is 3. The lowest BCUT2D eigenvalue weighted by molar-refractivity contribution is 0.00578. The first-order valence-electron chi connectivity index (χ1n) is 8.80. The van der Waals surface area contributed by atoms with Crippen molar-refractivity contribution in [1.29, 1.82) is 0 Å². The Morgan fingerprint density at radius 1 is 1.08 bits per heavy atom. The summed E-state index contributed by atoms with van der Waals surface area (Å²) in [5, 5.41) is 7.29. The van der Waals surface area contributed by atoms with Crippen molar-refractivity contribution in [2.24, 2.45) is 5.92 Å². The lowest BCUT2D eigenvalue weighted by Crippen LogP contribution is -2.41. The minimum atomic E-state index is -0.406. The molecule has 1 N–H and O–H groups in total. The maximum atomic E-state index is 13.0. The summed E-state index contributed by atoms with van der Waals surface area (Å²) in [5.74, 6) is 0.181. The summed E-state index contributed by atoms with van der Waals surface area (Å²) in [6.07, 6.45) is 3.50. The maximum Gasteiger partial charge on any atom is 0.498 e. The third kappa shape index (κ3) is 3.80. The average Bonchev–Trinajstić information content (AvgIpc) is 3.04. The van der Waals surface area contributed by atoms with Crippen LogP contribution in [0, 0.1) is 11.7 Å². The van der Waals surface area contributed by atoms with Gasteiger partial charge in [-0.25, -0.2) is 4.39 Å². The van der Waals surface area contributed by atoms with Crippen LogP contribution in [-0.4, -0.2) is 28.5 Å². The number of H-pyrrole nitrogens is 1. The zero-order valence-electron chi connectivity index (χ0n) is 15.6. The van der Waals surface area contributed by atoms with Crippen LogP contribution in [0.15, 0.2) is 30.5 Å². The van der Waals surface area contributed by atoms with E-state index in [2.05, 4.69) is 17.1 Å². The smallest absolute Gasteiger partial charge is 0.399 e. The molecule has 25 heavy (non-hydrogen) atoms. The first-order chi connectivity index (χ1) is 11.7. The molecule has 2 aromatic rings. The maximum absolute atomic E-state index is 13.0. The van der Waals surface area contributed by atoms with E-state index in [0.717, 1.165) is 29.6 Å². The quantitative estimate of drug-likeness (QED) is 0.847. The number of aromatic amines is 1. The van der Waals surface area contributed by atoms with Crippen LogP contribution in [0.4, 0.5) is 4.39 Å². The average molecular weight is 344 g/mol.